The molecule has 154 valence electrons. The molecule has 1 aliphatic carbocycles. The van der Waals surface area contributed by atoms with Gasteiger partial charge in [0.1, 0.15) is 5.75 Å². The quantitative estimate of drug-likeness (QED) is 0.665. The van der Waals surface area contributed by atoms with Crippen LogP contribution >= 0.6 is 0 Å². The van der Waals surface area contributed by atoms with Crippen LogP contribution in [0.3, 0.4) is 0 Å². The van der Waals surface area contributed by atoms with Crippen LogP contribution < -0.4 is 4.74 Å². The minimum atomic E-state index is -0.484. The van der Waals surface area contributed by atoms with Crippen molar-refractivity contribution in [3.05, 3.63) is 65.7 Å². The lowest BCUT2D eigenvalue weighted by Gasteiger charge is -2.32. The fourth-order valence-electron chi connectivity index (χ4n) is 4.97. The molecule has 4 nitrogen and oxygen atoms in total. The molecule has 1 saturated heterocycles. The van der Waals surface area contributed by atoms with Crippen molar-refractivity contribution in [3.8, 4) is 5.75 Å². The molecule has 0 spiro atoms. The highest BCUT2D eigenvalue weighted by molar-refractivity contribution is 5.87. The summed E-state index contributed by atoms with van der Waals surface area (Å²) in [7, 11) is 3.16. The number of ether oxygens (including phenoxy) is 2. The van der Waals surface area contributed by atoms with E-state index in [1.807, 2.05) is 24.3 Å². The number of hydrogen-bond acceptors (Lipinski definition) is 4. The van der Waals surface area contributed by atoms with E-state index >= 15 is 0 Å². The van der Waals surface area contributed by atoms with Gasteiger partial charge in [-0.2, -0.15) is 0 Å². The summed E-state index contributed by atoms with van der Waals surface area (Å²) in [5.41, 5.74) is 2.01. The summed E-state index contributed by atoms with van der Waals surface area (Å²) >= 11 is 0. The SMILES string of the molecule is COC(=O)[C@]1(c2ccc(OC)cc2)C[C@@H]1CN1CCC(Cc2ccccc2)CC1. The first-order chi connectivity index (χ1) is 14.2. The number of piperidine rings is 1. The normalized spacial score (nSPS) is 24.8. The molecule has 4 rings (SSSR count). The van der Waals surface area contributed by atoms with Gasteiger partial charge in [0.25, 0.3) is 0 Å². The van der Waals surface area contributed by atoms with Crippen LogP contribution in [0, 0.1) is 11.8 Å². The van der Waals surface area contributed by atoms with Crippen molar-refractivity contribution in [2.24, 2.45) is 11.8 Å². The molecule has 2 aromatic rings. The van der Waals surface area contributed by atoms with Crippen molar-refractivity contribution < 1.29 is 14.3 Å². The van der Waals surface area contributed by atoms with Gasteiger partial charge in [0, 0.05) is 6.54 Å². The summed E-state index contributed by atoms with van der Waals surface area (Å²) < 4.78 is 10.5. The molecule has 4 heteroatoms. The van der Waals surface area contributed by atoms with Gasteiger partial charge in [0.2, 0.25) is 0 Å². The second-order valence-electron chi connectivity index (χ2n) is 8.53. The number of esters is 1. The smallest absolute Gasteiger partial charge is 0.316 e. The lowest BCUT2D eigenvalue weighted by Crippen LogP contribution is -2.37. The summed E-state index contributed by atoms with van der Waals surface area (Å²) in [5.74, 6) is 1.80. The number of carbonyl (C=O) groups is 1. The zero-order chi connectivity index (χ0) is 20.3. The van der Waals surface area contributed by atoms with Gasteiger partial charge in [-0.05, 0) is 73.9 Å². The number of methoxy groups -OCH3 is 2. The van der Waals surface area contributed by atoms with Gasteiger partial charge >= 0.3 is 5.97 Å². The molecule has 1 heterocycles. The van der Waals surface area contributed by atoms with E-state index in [2.05, 4.69) is 35.2 Å². The van der Waals surface area contributed by atoms with E-state index in [0.29, 0.717) is 5.92 Å². The molecule has 0 unspecified atom stereocenters. The number of nitrogens with zero attached hydrogens (tertiary/aromatic N) is 1. The van der Waals surface area contributed by atoms with Gasteiger partial charge < -0.3 is 14.4 Å². The third-order valence-corrected chi connectivity index (χ3v) is 6.81. The first kappa shape index (κ1) is 20.0. The number of likely N-dealkylation sites (tertiary alicyclic amines) is 1. The number of hydrogen-bond donors (Lipinski definition) is 0. The Labute approximate surface area is 173 Å². The van der Waals surface area contributed by atoms with Gasteiger partial charge in [-0.25, -0.2) is 0 Å². The molecule has 2 aromatic carbocycles. The third kappa shape index (κ3) is 4.18. The van der Waals surface area contributed by atoms with Gasteiger partial charge in [0.15, 0.2) is 0 Å². The fraction of sp³-hybridized carbons (Fsp3) is 0.480. The van der Waals surface area contributed by atoms with Crippen LogP contribution in [0.15, 0.2) is 54.6 Å². The van der Waals surface area contributed by atoms with E-state index < -0.39 is 5.41 Å². The molecule has 2 fully saturated rings. The Kier molecular flexibility index (Phi) is 5.91. The van der Waals surface area contributed by atoms with E-state index in [0.717, 1.165) is 43.3 Å². The van der Waals surface area contributed by atoms with Crippen LogP contribution in [0.1, 0.15) is 30.4 Å². The highest BCUT2D eigenvalue weighted by Gasteiger charge is 2.62. The average Bonchev–Trinajstić information content (AvgIpc) is 3.50. The number of carbonyl (C=O) groups excluding carboxylic acids is 1. The number of benzene rings is 2. The Morgan fingerprint density at radius 3 is 2.34 bits per heavy atom. The van der Waals surface area contributed by atoms with E-state index in [1.165, 1.54) is 31.9 Å². The third-order valence-electron chi connectivity index (χ3n) is 6.81. The van der Waals surface area contributed by atoms with Gasteiger partial charge in [0.05, 0.1) is 19.6 Å². The van der Waals surface area contributed by atoms with E-state index in [4.69, 9.17) is 9.47 Å². The Morgan fingerprint density at radius 1 is 1.03 bits per heavy atom. The van der Waals surface area contributed by atoms with Crippen LogP contribution in [-0.4, -0.2) is 44.7 Å². The highest BCUT2D eigenvalue weighted by Crippen LogP contribution is 2.55. The highest BCUT2D eigenvalue weighted by atomic mass is 16.5. The maximum atomic E-state index is 12.7. The maximum absolute atomic E-state index is 12.7. The van der Waals surface area contributed by atoms with E-state index in [1.54, 1.807) is 7.11 Å². The Hall–Kier alpha value is -2.33. The van der Waals surface area contributed by atoms with E-state index in [-0.39, 0.29) is 5.97 Å². The van der Waals surface area contributed by atoms with Crippen LogP contribution in [0.4, 0.5) is 0 Å². The maximum Gasteiger partial charge on any atom is 0.316 e. The molecule has 2 aliphatic rings. The Morgan fingerprint density at radius 2 is 1.72 bits per heavy atom. The van der Waals surface area contributed by atoms with Crippen LogP contribution in [0.2, 0.25) is 0 Å². The Bertz CT molecular complexity index is 812. The zero-order valence-electron chi connectivity index (χ0n) is 17.5. The van der Waals surface area contributed by atoms with Crippen LogP contribution in [0.5, 0.6) is 5.75 Å². The average molecular weight is 394 g/mol. The molecular weight excluding hydrogens is 362 g/mol. The Balaban J connectivity index is 1.35. The summed E-state index contributed by atoms with van der Waals surface area (Å²) in [6.45, 7) is 3.21. The van der Waals surface area contributed by atoms with Gasteiger partial charge in [-0.1, -0.05) is 42.5 Å². The summed E-state index contributed by atoms with van der Waals surface area (Å²) in [6, 6.07) is 18.7. The van der Waals surface area contributed by atoms with Crippen LogP contribution in [0.25, 0.3) is 0 Å². The van der Waals surface area contributed by atoms with Gasteiger partial charge in [-0.3, -0.25) is 4.79 Å². The van der Waals surface area contributed by atoms with Crippen molar-refractivity contribution in [3.63, 3.8) is 0 Å². The van der Waals surface area contributed by atoms with Gasteiger partial charge in [-0.15, -0.1) is 0 Å². The molecule has 1 saturated carbocycles. The molecule has 0 radical (unpaired) electrons. The van der Waals surface area contributed by atoms with Crippen molar-refractivity contribution in [2.45, 2.75) is 31.1 Å². The molecule has 0 bridgehead atoms. The summed E-state index contributed by atoms with van der Waals surface area (Å²) in [6.07, 6.45) is 4.51. The molecule has 0 aromatic heterocycles. The number of rotatable bonds is 7. The first-order valence-corrected chi connectivity index (χ1v) is 10.6. The molecule has 29 heavy (non-hydrogen) atoms. The standard InChI is InChI=1S/C25H31NO3/c1-28-23-10-8-21(9-11-23)25(24(27)29-2)17-22(25)18-26-14-12-20(13-15-26)16-19-6-4-3-5-7-19/h3-11,20,22H,12-18H2,1-2H3/t22-,25+/m1/s1. The molecule has 0 amide bonds. The topological polar surface area (TPSA) is 38.8 Å². The molecule has 0 N–H and O–H groups in total. The predicted molar refractivity (Wildman–Crippen MR) is 114 cm³/mol. The largest absolute Gasteiger partial charge is 0.497 e. The summed E-state index contributed by atoms with van der Waals surface area (Å²) in [4.78, 5) is 15.2. The molecule has 1 aliphatic heterocycles. The monoisotopic (exact) mass is 393 g/mol. The van der Waals surface area contributed by atoms with Crippen molar-refractivity contribution in [1.82, 2.24) is 4.90 Å². The molecular formula is C25H31NO3. The lowest BCUT2D eigenvalue weighted by molar-refractivity contribution is -0.144. The lowest BCUT2D eigenvalue weighted by atomic mass is 9.89. The first-order valence-electron chi connectivity index (χ1n) is 10.6. The van der Waals surface area contributed by atoms with E-state index in [9.17, 15) is 4.79 Å². The minimum absolute atomic E-state index is 0.105. The van der Waals surface area contributed by atoms with Crippen LogP contribution in [-0.2, 0) is 21.4 Å². The zero-order valence-corrected chi connectivity index (χ0v) is 17.5. The van der Waals surface area contributed by atoms with Crippen molar-refractivity contribution in [1.29, 1.82) is 0 Å². The second kappa shape index (κ2) is 8.58. The summed E-state index contributed by atoms with van der Waals surface area (Å²) in [5, 5.41) is 0. The predicted octanol–water partition coefficient (Wildman–Crippen LogP) is 4.08. The fourth-order valence-corrected chi connectivity index (χ4v) is 4.97. The molecule has 2 atom stereocenters. The second-order valence-corrected chi connectivity index (χ2v) is 8.53. The minimum Gasteiger partial charge on any atom is -0.497 e. The van der Waals surface area contributed by atoms with Crippen molar-refractivity contribution >= 4 is 5.97 Å². The van der Waals surface area contributed by atoms with Crippen molar-refractivity contribution in [2.75, 3.05) is 33.9 Å².